The standard InChI is InChI=1S/C19H18FNO2S.C2H3N/c1-24(22)21-9-3-2-4-14-10-15-11-18(23-19(15)12-17(14)21)13-5-7-16(20)8-6-13;1-2-3/h5-8,10-12H,2-4,9H2,1H3;1H3. The van der Waals surface area contributed by atoms with Gasteiger partial charge in [0.15, 0.2) is 0 Å². The number of hydrogen-bond donors (Lipinski definition) is 0. The molecule has 0 bridgehead atoms. The molecule has 0 amide bonds. The summed E-state index contributed by atoms with van der Waals surface area (Å²) >= 11 is 0. The average molecular weight is 384 g/mol. The Morgan fingerprint density at radius 3 is 2.56 bits per heavy atom. The molecule has 4 nitrogen and oxygen atoms in total. The molecular formula is C21H21FN2O2S. The van der Waals surface area contributed by atoms with E-state index < -0.39 is 11.0 Å². The maximum absolute atomic E-state index is 13.1. The van der Waals surface area contributed by atoms with Crippen LogP contribution >= 0.6 is 0 Å². The molecule has 6 heteroatoms. The quantitative estimate of drug-likeness (QED) is 0.610. The molecule has 140 valence electrons. The molecule has 0 aliphatic carbocycles. The van der Waals surface area contributed by atoms with Crippen LogP contribution in [0.5, 0.6) is 0 Å². The Kier molecular flexibility index (Phi) is 5.92. The first-order valence-corrected chi connectivity index (χ1v) is 10.3. The summed E-state index contributed by atoms with van der Waals surface area (Å²) in [4.78, 5) is 0. The van der Waals surface area contributed by atoms with E-state index in [1.807, 2.05) is 16.4 Å². The van der Waals surface area contributed by atoms with Gasteiger partial charge in [-0.25, -0.2) is 8.60 Å². The van der Waals surface area contributed by atoms with Gasteiger partial charge in [-0.15, -0.1) is 0 Å². The summed E-state index contributed by atoms with van der Waals surface area (Å²) in [6.07, 6.45) is 4.83. The fraction of sp³-hybridized carbons (Fsp3) is 0.286. The Bertz CT molecular complexity index is 1010. The van der Waals surface area contributed by atoms with Crippen molar-refractivity contribution >= 4 is 27.6 Å². The highest BCUT2D eigenvalue weighted by atomic mass is 32.2. The molecule has 1 aliphatic rings. The number of aryl methyl sites for hydroxylation is 1. The van der Waals surface area contributed by atoms with Crippen LogP contribution in [0.2, 0.25) is 0 Å². The van der Waals surface area contributed by atoms with Crippen molar-refractivity contribution in [1.29, 1.82) is 5.26 Å². The zero-order chi connectivity index (χ0) is 19.4. The first-order valence-electron chi connectivity index (χ1n) is 8.78. The van der Waals surface area contributed by atoms with Gasteiger partial charge in [0.05, 0.1) is 11.8 Å². The summed E-state index contributed by atoms with van der Waals surface area (Å²) in [5, 5.41) is 8.34. The van der Waals surface area contributed by atoms with E-state index in [-0.39, 0.29) is 5.82 Å². The lowest BCUT2D eigenvalue weighted by Crippen LogP contribution is -2.25. The third kappa shape index (κ3) is 4.20. The minimum Gasteiger partial charge on any atom is -0.456 e. The molecule has 1 aliphatic heterocycles. The third-order valence-corrected chi connectivity index (χ3v) is 5.48. The van der Waals surface area contributed by atoms with Crippen molar-refractivity contribution < 1.29 is 13.0 Å². The van der Waals surface area contributed by atoms with E-state index in [9.17, 15) is 8.60 Å². The van der Waals surface area contributed by atoms with Crippen LogP contribution in [-0.2, 0) is 17.4 Å². The molecule has 27 heavy (non-hydrogen) atoms. The average Bonchev–Trinajstić information content (AvgIpc) is 2.93. The van der Waals surface area contributed by atoms with E-state index in [1.54, 1.807) is 24.5 Å². The van der Waals surface area contributed by atoms with Crippen LogP contribution in [0.15, 0.2) is 46.9 Å². The monoisotopic (exact) mass is 384 g/mol. The summed E-state index contributed by atoms with van der Waals surface area (Å²) in [5.74, 6) is 0.456. The maximum Gasteiger partial charge on any atom is 0.136 e. The van der Waals surface area contributed by atoms with Crippen LogP contribution < -0.4 is 4.31 Å². The van der Waals surface area contributed by atoms with Crippen molar-refractivity contribution in [3.63, 3.8) is 0 Å². The Morgan fingerprint density at radius 2 is 1.89 bits per heavy atom. The van der Waals surface area contributed by atoms with Gasteiger partial charge in [0.2, 0.25) is 0 Å². The lowest BCUT2D eigenvalue weighted by molar-refractivity contribution is 0.623. The van der Waals surface area contributed by atoms with E-state index in [2.05, 4.69) is 6.07 Å². The molecule has 0 spiro atoms. The second kappa shape index (κ2) is 8.36. The van der Waals surface area contributed by atoms with Crippen LogP contribution in [0.3, 0.4) is 0 Å². The number of furan rings is 1. The zero-order valence-corrected chi connectivity index (χ0v) is 16.2. The van der Waals surface area contributed by atoms with Crippen molar-refractivity contribution in [2.45, 2.75) is 26.2 Å². The highest BCUT2D eigenvalue weighted by Gasteiger charge is 2.20. The summed E-state index contributed by atoms with van der Waals surface area (Å²) in [6.45, 7) is 2.23. The summed E-state index contributed by atoms with van der Waals surface area (Å²) in [5.41, 5.74) is 3.83. The SMILES string of the molecule is CC#N.CS(=O)N1CCCCc2cc3cc(-c4ccc(F)cc4)oc3cc21. The Balaban J connectivity index is 0.000000659. The molecule has 1 aromatic heterocycles. The van der Waals surface area contributed by atoms with Crippen molar-refractivity contribution in [2.24, 2.45) is 0 Å². The van der Waals surface area contributed by atoms with E-state index in [0.29, 0.717) is 5.76 Å². The maximum atomic E-state index is 13.1. The summed E-state index contributed by atoms with van der Waals surface area (Å²) in [6, 6.07) is 14.1. The van der Waals surface area contributed by atoms with Gasteiger partial charge in [0.1, 0.15) is 28.1 Å². The van der Waals surface area contributed by atoms with Gasteiger partial charge >= 0.3 is 0 Å². The Hall–Kier alpha value is -2.65. The highest BCUT2D eigenvalue weighted by Crippen LogP contribution is 2.35. The first kappa shape index (κ1) is 19.1. The lowest BCUT2D eigenvalue weighted by atomic mass is 10.1. The first-order chi connectivity index (χ1) is 13.0. The van der Waals surface area contributed by atoms with E-state index >= 15 is 0 Å². The number of anilines is 1. The normalized spacial score (nSPS) is 14.5. The molecule has 1 atom stereocenters. The largest absolute Gasteiger partial charge is 0.456 e. The number of halogens is 1. The van der Waals surface area contributed by atoms with Crippen molar-refractivity contribution in [3.05, 3.63) is 53.8 Å². The molecule has 3 aromatic rings. The van der Waals surface area contributed by atoms with Crippen LogP contribution in [0, 0.1) is 17.1 Å². The topological polar surface area (TPSA) is 57.2 Å². The number of benzene rings is 2. The molecular weight excluding hydrogens is 363 g/mol. The Labute approximate surface area is 160 Å². The second-order valence-electron chi connectivity index (χ2n) is 6.34. The smallest absolute Gasteiger partial charge is 0.136 e. The van der Waals surface area contributed by atoms with Crippen LogP contribution in [0.1, 0.15) is 25.3 Å². The van der Waals surface area contributed by atoms with Gasteiger partial charge in [0, 0.05) is 36.7 Å². The molecule has 4 rings (SSSR count). The lowest BCUT2D eigenvalue weighted by Gasteiger charge is -2.21. The fourth-order valence-corrected chi connectivity index (χ4v) is 4.10. The summed E-state index contributed by atoms with van der Waals surface area (Å²) in [7, 11) is -1.05. The van der Waals surface area contributed by atoms with Crippen LogP contribution in [0.4, 0.5) is 10.1 Å². The second-order valence-corrected chi connectivity index (χ2v) is 7.63. The molecule has 0 radical (unpaired) electrons. The van der Waals surface area contributed by atoms with Crippen molar-refractivity contribution in [3.8, 4) is 17.4 Å². The molecule has 1 unspecified atom stereocenters. The summed E-state index contributed by atoms with van der Waals surface area (Å²) < 4.78 is 33.1. The third-order valence-electron chi connectivity index (χ3n) is 4.48. The van der Waals surface area contributed by atoms with E-state index in [0.717, 1.165) is 48.0 Å². The van der Waals surface area contributed by atoms with Crippen molar-refractivity contribution in [1.82, 2.24) is 0 Å². The number of nitrogens with zero attached hydrogens (tertiary/aromatic N) is 2. The molecule has 2 heterocycles. The Morgan fingerprint density at radius 1 is 1.19 bits per heavy atom. The number of nitriles is 1. The van der Waals surface area contributed by atoms with Gasteiger partial charge in [0.25, 0.3) is 0 Å². The predicted molar refractivity (Wildman–Crippen MR) is 107 cm³/mol. The number of hydrogen-bond acceptors (Lipinski definition) is 3. The molecule has 0 fully saturated rings. The van der Waals surface area contributed by atoms with Gasteiger partial charge in [-0.3, -0.25) is 4.31 Å². The van der Waals surface area contributed by atoms with E-state index in [1.165, 1.54) is 24.6 Å². The number of rotatable bonds is 2. The van der Waals surface area contributed by atoms with Crippen LogP contribution in [0.25, 0.3) is 22.3 Å². The molecule has 2 aromatic carbocycles. The molecule has 0 saturated heterocycles. The van der Waals surface area contributed by atoms with E-state index in [4.69, 9.17) is 9.68 Å². The predicted octanol–water partition coefficient (Wildman–Crippen LogP) is 5.20. The van der Waals surface area contributed by atoms with Crippen LogP contribution in [-0.4, -0.2) is 17.0 Å². The van der Waals surface area contributed by atoms with Gasteiger partial charge in [-0.05, 0) is 61.2 Å². The minimum atomic E-state index is -1.05. The number of fused-ring (bicyclic) bond motifs is 2. The van der Waals surface area contributed by atoms with Crippen molar-refractivity contribution in [2.75, 3.05) is 17.1 Å². The zero-order valence-electron chi connectivity index (χ0n) is 15.4. The van der Waals surface area contributed by atoms with Gasteiger partial charge in [-0.1, -0.05) is 0 Å². The molecule has 0 N–H and O–H groups in total. The minimum absolute atomic E-state index is 0.261. The highest BCUT2D eigenvalue weighted by molar-refractivity contribution is 7.85. The molecule has 0 saturated carbocycles. The van der Waals surface area contributed by atoms with Gasteiger partial charge in [-0.2, -0.15) is 5.26 Å². The van der Waals surface area contributed by atoms with Gasteiger partial charge < -0.3 is 4.42 Å². The fourth-order valence-electron chi connectivity index (χ4n) is 3.27.